The molecule has 0 saturated carbocycles. The lowest BCUT2D eigenvalue weighted by molar-refractivity contribution is 0.590. The number of hydrogen-bond donors (Lipinski definition) is 1. The molecule has 1 aromatic heterocycles. The molecule has 0 bridgehead atoms. The summed E-state index contributed by atoms with van der Waals surface area (Å²) in [5.74, 6) is 0. The molecule has 1 aromatic carbocycles. The van der Waals surface area contributed by atoms with Crippen LogP contribution in [-0.2, 0) is 5.41 Å². The molecule has 0 unspecified atom stereocenters. The molecule has 3 heteroatoms. The molecule has 0 spiro atoms. The Hall–Kier alpha value is -1.87. The van der Waals surface area contributed by atoms with E-state index in [0.717, 1.165) is 33.7 Å². The number of aromatic amines is 1. The molecule has 2 heterocycles. The van der Waals surface area contributed by atoms with Crippen LogP contribution in [-0.4, -0.2) is 10.7 Å². The van der Waals surface area contributed by atoms with Crippen LogP contribution in [0, 0.1) is 0 Å². The van der Waals surface area contributed by atoms with Gasteiger partial charge in [-0.25, -0.2) is 0 Å². The van der Waals surface area contributed by atoms with Crippen molar-refractivity contribution in [2.45, 2.75) is 53.4 Å². The zero-order valence-electron chi connectivity index (χ0n) is 16.5. The minimum Gasteiger partial charge on any atom is -0.354 e. The molecule has 0 atom stereocenters. The third-order valence-corrected chi connectivity index (χ3v) is 5.66. The Morgan fingerprint density at radius 3 is 2.31 bits per heavy atom. The smallest absolute Gasteiger partial charge is 0.0686 e. The number of allylic oxidation sites excluding steroid dienone is 2. The molecule has 26 heavy (non-hydrogen) atoms. The lowest BCUT2D eigenvalue weighted by atomic mass is 9.86. The fourth-order valence-corrected chi connectivity index (χ4v) is 4.01. The highest BCUT2D eigenvalue weighted by Crippen LogP contribution is 2.33. The van der Waals surface area contributed by atoms with E-state index in [4.69, 9.17) is 4.99 Å². The highest BCUT2D eigenvalue weighted by Gasteiger charge is 2.17. The second kappa shape index (κ2) is 7.03. The van der Waals surface area contributed by atoms with Crippen molar-refractivity contribution in [1.29, 1.82) is 0 Å². The number of aliphatic imine (C=N–C) groups is 1. The molecule has 0 saturated heterocycles. The summed E-state index contributed by atoms with van der Waals surface area (Å²) < 4.78 is 1.07. The Bertz CT molecular complexity index is 916. The monoisotopic (exact) mass is 410 g/mol. The van der Waals surface area contributed by atoms with Crippen LogP contribution in [0.4, 0.5) is 0 Å². The Morgan fingerprint density at radius 2 is 1.77 bits per heavy atom. The average Bonchev–Trinajstić information content (AvgIpc) is 3.06. The van der Waals surface area contributed by atoms with Crippen LogP contribution in [0.2, 0.25) is 0 Å². The summed E-state index contributed by atoms with van der Waals surface area (Å²) >= 11 is 3.71. The summed E-state index contributed by atoms with van der Waals surface area (Å²) in [6.45, 7) is 13.2. The number of aromatic nitrogens is 1. The van der Waals surface area contributed by atoms with Crippen LogP contribution < -0.4 is 0 Å². The van der Waals surface area contributed by atoms with Crippen molar-refractivity contribution in [3.63, 3.8) is 0 Å². The molecule has 1 N–H and O–H groups in total. The highest BCUT2D eigenvalue weighted by atomic mass is 79.9. The SMILES string of the molecule is CCC1=C(C)/C(=C\c2cc(Br)c(-c3ccc(C(C)(C)C)cc3)[nH]2)N=C1C. The van der Waals surface area contributed by atoms with Crippen LogP contribution >= 0.6 is 15.9 Å². The maximum absolute atomic E-state index is 4.74. The van der Waals surface area contributed by atoms with Gasteiger partial charge in [0.25, 0.3) is 0 Å². The largest absolute Gasteiger partial charge is 0.354 e. The van der Waals surface area contributed by atoms with Gasteiger partial charge >= 0.3 is 0 Å². The van der Waals surface area contributed by atoms with E-state index in [1.54, 1.807) is 0 Å². The Kier molecular flexibility index (Phi) is 5.12. The molecule has 1 aliphatic heterocycles. The molecule has 3 rings (SSSR count). The first-order valence-corrected chi connectivity index (χ1v) is 9.97. The quantitative estimate of drug-likeness (QED) is 0.550. The zero-order chi connectivity index (χ0) is 19.1. The normalized spacial score (nSPS) is 16.6. The second-order valence-electron chi connectivity index (χ2n) is 7.96. The Morgan fingerprint density at radius 1 is 1.12 bits per heavy atom. The van der Waals surface area contributed by atoms with E-state index in [-0.39, 0.29) is 5.41 Å². The first-order valence-electron chi connectivity index (χ1n) is 9.17. The third kappa shape index (κ3) is 3.64. The summed E-state index contributed by atoms with van der Waals surface area (Å²) in [5, 5.41) is 0. The topological polar surface area (TPSA) is 28.1 Å². The fraction of sp³-hybridized carbons (Fsp3) is 0.348. The molecular weight excluding hydrogens is 384 g/mol. The number of nitrogens with zero attached hydrogens (tertiary/aromatic N) is 1. The highest BCUT2D eigenvalue weighted by molar-refractivity contribution is 9.10. The minimum atomic E-state index is 0.167. The summed E-state index contributed by atoms with van der Waals surface area (Å²) in [6.07, 6.45) is 3.16. The number of nitrogens with one attached hydrogen (secondary N) is 1. The van der Waals surface area contributed by atoms with Crippen LogP contribution in [0.1, 0.15) is 59.2 Å². The zero-order valence-corrected chi connectivity index (χ0v) is 18.1. The van der Waals surface area contributed by atoms with Crippen molar-refractivity contribution < 1.29 is 0 Å². The second-order valence-corrected chi connectivity index (χ2v) is 8.81. The maximum atomic E-state index is 4.74. The van der Waals surface area contributed by atoms with E-state index in [1.807, 2.05) is 0 Å². The Balaban J connectivity index is 1.94. The van der Waals surface area contributed by atoms with Crippen molar-refractivity contribution in [2.75, 3.05) is 0 Å². The third-order valence-electron chi connectivity index (χ3n) is 5.04. The lowest BCUT2D eigenvalue weighted by Crippen LogP contribution is -2.10. The molecule has 0 aliphatic carbocycles. The van der Waals surface area contributed by atoms with Crippen LogP contribution in [0.15, 0.2) is 56.6 Å². The van der Waals surface area contributed by atoms with Gasteiger partial charge < -0.3 is 4.98 Å². The summed E-state index contributed by atoms with van der Waals surface area (Å²) in [5.41, 5.74) is 9.70. The molecule has 0 radical (unpaired) electrons. The number of hydrogen-bond acceptors (Lipinski definition) is 1. The summed E-state index contributed by atoms with van der Waals surface area (Å²) in [4.78, 5) is 8.27. The summed E-state index contributed by atoms with van der Waals surface area (Å²) in [7, 11) is 0. The van der Waals surface area contributed by atoms with Gasteiger partial charge in [0.2, 0.25) is 0 Å². The van der Waals surface area contributed by atoms with E-state index in [2.05, 4.69) is 98.9 Å². The number of H-pyrrole nitrogens is 1. The fourth-order valence-electron chi connectivity index (χ4n) is 3.44. The number of halogens is 1. The molecule has 0 amide bonds. The van der Waals surface area contributed by atoms with Crippen LogP contribution in [0.25, 0.3) is 17.3 Å². The molecule has 136 valence electrons. The van der Waals surface area contributed by atoms with Gasteiger partial charge in [0.1, 0.15) is 0 Å². The molecule has 2 nitrogen and oxygen atoms in total. The molecule has 1 aliphatic rings. The lowest BCUT2D eigenvalue weighted by Gasteiger charge is -2.19. The van der Waals surface area contributed by atoms with Gasteiger partial charge in [0.15, 0.2) is 0 Å². The standard InChI is InChI=1S/C23H27BrN2/c1-7-19-14(2)21(25-15(19)3)13-18-12-20(24)22(26-18)16-8-10-17(11-9-16)23(4,5)6/h8-13,26H,7H2,1-6H3/b21-13+. The van der Waals surface area contributed by atoms with E-state index in [9.17, 15) is 0 Å². The van der Waals surface area contributed by atoms with E-state index in [1.165, 1.54) is 22.3 Å². The predicted octanol–water partition coefficient (Wildman–Crippen LogP) is 7.28. The van der Waals surface area contributed by atoms with Crippen molar-refractivity contribution >= 4 is 27.7 Å². The van der Waals surface area contributed by atoms with Crippen molar-refractivity contribution in [3.05, 3.63) is 62.9 Å². The van der Waals surface area contributed by atoms with Gasteiger partial charge in [-0.1, -0.05) is 52.0 Å². The van der Waals surface area contributed by atoms with Crippen LogP contribution in [0.3, 0.4) is 0 Å². The van der Waals surface area contributed by atoms with Gasteiger partial charge in [-0.15, -0.1) is 0 Å². The van der Waals surface area contributed by atoms with Gasteiger partial charge in [-0.2, -0.15) is 0 Å². The first-order chi connectivity index (χ1) is 12.2. The van der Waals surface area contributed by atoms with Gasteiger partial charge in [-0.3, -0.25) is 4.99 Å². The molecule has 0 fully saturated rings. The van der Waals surface area contributed by atoms with E-state index >= 15 is 0 Å². The molecular formula is C23H27BrN2. The van der Waals surface area contributed by atoms with Gasteiger partial charge in [0.05, 0.1) is 11.4 Å². The Labute approximate surface area is 165 Å². The number of rotatable bonds is 3. The average molecular weight is 411 g/mol. The first kappa shape index (κ1) is 18.9. The predicted molar refractivity (Wildman–Crippen MR) is 117 cm³/mol. The van der Waals surface area contributed by atoms with Crippen LogP contribution in [0.5, 0.6) is 0 Å². The van der Waals surface area contributed by atoms with Gasteiger partial charge in [-0.05, 0) is 76.0 Å². The maximum Gasteiger partial charge on any atom is 0.0686 e. The number of benzene rings is 1. The van der Waals surface area contributed by atoms with Crippen molar-refractivity contribution in [2.24, 2.45) is 4.99 Å². The van der Waals surface area contributed by atoms with E-state index in [0.29, 0.717) is 0 Å². The van der Waals surface area contributed by atoms with Crippen molar-refractivity contribution in [3.8, 4) is 11.3 Å². The molecule has 2 aromatic rings. The van der Waals surface area contributed by atoms with Gasteiger partial charge in [0, 0.05) is 15.9 Å². The summed E-state index contributed by atoms with van der Waals surface area (Å²) in [6, 6.07) is 10.9. The van der Waals surface area contributed by atoms with Crippen molar-refractivity contribution in [1.82, 2.24) is 4.98 Å². The minimum absolute atomic E-state index is 0.167. The van der Waals surface area contributed by atoms with E-state index < -0.39 is 0 Å².